The molecule has 0 aliphatic heterocycles. The van der Waals surface area contributed by atoms with E-state index in [0.29, 0.717) is 23.4 Å². The quantitative estimate of drug-likeness (QED) is 0.668. The molecule has 2 aromatic carbocycles. The van der Waals surface area contributed by atoms with Crippen LogP contribution in [0.3, 0.4) is 0 Å². The first-order valence-electron chi connectivity index (χ1n) is 8.87. The second-order valence-electron chi connectivity index (χ2n) is 6.23. The Morgan fingerprint density at radius 3 is 2.50 bits per heavy atom. The number of carbonyl (C=O) groups excluding carboxylic acids is 1. The second-order valence-corrected chi connectivity index (χ2v) is 7.97. The minimum atomic E-state index is -3.74. The summed E-state index contributed by atoms with van der Waals surface area (Å²) in [6.07, 6.45) is -0.114. The molecule has 0 spiro atoms. The summed E-state index contributed by atoms with van der Waals surface area (Å²) in [4.78, 5) is 11.7. The normalized spacial score (nSPS) is 12.4. The number of methoxy groups -OCH3 is 2. The molecule has 0 fully saturated rings. The van der Waals surface area contributed by atoms with E-state index in [2.05, 4.69) is 10.0 Å². The largest absolute Gasteiger partial charge is 0.497 e. The van der Waals surface area contributed by atoms with Gasteiger partial charge in [0.15, 0.2) is 0 Å². The molecule has 7 nitrogen and oxygen atoms in total. The summed E-state index contributed by atoms with van der Waals surface area (Å²) in [5.41, 5.74) is 1.91. The van der Waals surface area contributed by atoms with E-state index in [0.717, 1.165) is 5.56 Å². The van der Waals surface area contributed by atoms with Gasteiger partial charge in [0.25, 0.3) is 0 Å². The molecule has 0 aliphatic carbocycles. The monoisotopic (exact) mass is 406 g/mol. The number of aryl methyl sites for hydroxylation is 1. The van der Waals surface area contributed by atoms with Crippen LogP contribution in [0.1, 0.15) is 30.6 Å². The molecule has 2 rings (SSSR count). The number of benzene rings is 2. The van der Waals surface area contributed by atoms with Gasteiger partial charge in [-0.05, 0) is 48.4 Å². The smallest absolute Gasteiger partial charge is 0.240 e. The fraction of sp³-hybridized carbons (Fsp3) is 0.350. The molecular weight excluding hydrogens is 380 g/mol. The van der Waals surface area contributed by atoms with Gasteiger partial charge in [-0.3, -0.25) is 4.79 Å². The van der Waals surface area contributed by atoms with E-state index in [4.69, 9.17) is 9.47 Å². The van der Waals surface area contributed by atoms with Gasteiger partial charge >= 0.3 is 0 Å². The van der Waals surface area contributed by atoms with Crippen molar-refractivity contribution in [2.45, 2.75) is 31.3 Å². The third-order valence-corrected chi connectivity index (χ3v) is 5.86. The van der Waals surface area contributed by atoms with Crippen LogP contribution in [0.25, 0.3) is 0 Å². The van der Waals surface area contributed by atoms with Crippen molar-refractivity contribution in [2.75, 3.05) is 26.1 Å². The first-order chi connectivity index (χ1) is 13.3. The molecule has 2 N–H and O–H groups in total. The summed E-state index contributed by atoms with van der Waals surface area (Å²) in [5, 5.41) is 2.72. The molecule has 2 aromatic rings. The van der Waals surface area contributed by atoms with Crippen LogP contribution < -0.4 is 14.8 Å². The van der Waals surface area contributed by atoms with Gasteiger partial charge in [-0.1, -0.05) is 19.1 Å². The molecule has 1 amide bonds. The fourth-order valence-corrected chi connectivity index (χ4v) is 3.98. The van der Waals surface area contributed by atoms with Crippen molar-refractivity contribution in [2.24, 2.45) is 0 Å². The molecule has 0 saturated heterocycles. The molecule has 28 heavy (non-hydrogen) atoms. The molecule has 0 saturated carbocycles. The SMILES string of the molecule is CCC(=O)Nc1ccc(S(=O)(=O)NCC(OC)c2cccc(OC)c2)c(C)c1. The summed E-state index contributed by atoms with van der Waals surface area (Å²) in [5.74, 6) is 0.539. The van der Waals surface area contributed by atoms with E-state index in [1.165, 1.54) is 13.2 Å². The third-order valence-electron chi connectivity index (χ3n) is 4.28. The van der Waals surface area contributed by atoms with Crippen LogP contribution in [-0.2, 0) is 19.6 Å². The lowest BCUT2D eigenvalue weighted by atomic mass is 10.1. The number of hydrogen-bond donors (Lipinski definition) is 2. The van der Waals surface area contributed by atoms with Gasteiger partial charge in [0.2, 0.25) is 15.9 Å². The number of hydrogen-bond acceptors (Lipinski definition) is 5. The molecule has 0 heterocycles. The van der Waals surface area contributed by atoms with Crippen molar-refractivity contribution < 1.29 is 22.7 Å². The highest BCUT2D eigenvalue weighted by Gasteiger charge is 2.20. The van der Waals surface area contributed by atoms with Gasteiger partial charge in [-0.2, -0.15) is 0 Å². The van der Waals surface area contributed by atoms with Gasteiger partial charge < -0.3 is 14.8 Å². The number of carbonyl (C=O) groups is 1. The molecule has 1 atom stereocenters. The number of sulfonamides is 1. The summed E-state index contributed by atoms with van der Waals surface area (Å²) >= 11 is 0. The maximum absolute atomic E-state index is 12.7. The molecule has 0 bridgehead atoms. The van der Waals surface area contributed by atoms with Crippen molar-refractivity contribution in [3.63, 3.8) is 0 Å². The standard InChI is InChI=1S/C20H26N2O5S/c1-5-20(23)22-16-9-10-19(14(2)11-16)28(24,25)21-13-18(27-4)15-7-6-8-17(12-15)26-3/h6-12,18,21H,5,13H2,1-4H3,(H,22,23). The second kappa shape index (κ2) is 9.68. The Balaban J connectivity index is 2.14. The molecule has 1 unspecified atom stereocenters. The van der Waals surface area contributed by atoms with E-state index in [1.54, 1.807) is 39.2 Å². The topological polar surface area (TPSA) is 93.7 Å². The lowest BCUT2D eigenvalue weighted by molar-refractivity contribution is -0.115. The van der Waals surface area contributed by atoms with E-state index in [-0.39, 0.29) is 17.3 Å². The Morgan fingerprint density at radius 1 is 1.14 bits per heavy atom. The first kappa shape index (κ1) is 21.9. The molecule has 8 heteroatoms. The van der Waals surface area contributed by atoms with Crippen LogP contribution >= 0.6 is 0 Å². The zero-order valence-corrected chi connectivity index (χ0v) is 17.3. The minimum absolute atomic E-state index is 0.0692. The lowest BCUT2D eigenvalue weighted by Gasteiger charge is -2.18. The highest BCUT2D eigenvalue weighted by Crippen LogP contribution is 2.23. The van der Waals surface area contributed by atoms with Crippen molar-refractivity contribution in [3.8, 4) is 5.75 Å². The highest BCUT2D eigenvalue weighted by atomic mass is 32.2. The average molecular weight is 407 g/mol. The van der Waals surface area contributed by atoms with E-state index >= 15 is 0 Å². The Labute approximate surface area is 166 Å². The van der Waals surface area contributed by atoms with Crippen molar-refractivity contribution in [1.29, 1.82) is 0 Å². The van der Waals surface area contributed by atoms with Gasteiger partial charge in [-0.15, -0.1) is 0 Å². The predicted molar refractivity (Wildman–Crippen MR) is 108 cm³/mol. The van der Waals surface area contributed by atoms with Crippen molar-refractivity contribution in [3.05, 3.63) is 53.6 Å². The van der Waals surface area contributed by atoms with E-state index in [1.807, 2.05) is 18.2 Å². The number of rotatable bonds is 9. The zero-order chi connectivity index (χ0) is 20.7. The van der Waals surface area contributed by atoms with Gasteiger partial charge in [0, 0.05) is 25.8 Å². The predicted octanol–water partition coefficient (Wildman–Crippen LogP) is 3.02. The zero-order valence-electron chi connectivity index (χ0n) is 16.5. The Kier molecular flexibility index (Phi) is 7.56. The van der Waals surface area contributed by atoms with Crippen molar-refractivity contribution >= 4 is 21.6 Å². The summed E-state index contributed by atoms with van der Waals surface area (Å²) < 4.78 is 38.7. The summed E-state index contributed by atoms with van der Waals surface area (Å²) in [7, 11) is -0.653. The molecule has 0 aliphatic rings. The van der Waals surface area contributed by atoms with Gasteiger partial charge in [0.05, 0.1) is 18.1 Å². The van der Waals surface area contributed by atoms with Crippen molar-refractivity contribution in [1.82, 2.24) is 4.72 Å². The minimum Gasteiger partial charge on any atom is -0.497 e. The van der Waals surface area contributed by atoms with E-state index < -0.39 is 16.1 Å². The number of amides is 1. The van der Waals surface area contributed by atoms with Crippen LogP contribution in [0.15, 0.2) is 47.4 Å². The Morgan fingerprint density at radius 2 is 1.89 bits per heavy atom. The van der Waals surface area contributed by atoms with Crippen LogP contribution in [0.2, 0.25) is 0 Å². The van der Waals surface area contributed by atoms with E-state index in [9.17, 15) is 13.2 Å². The highest BCUT2D eigenvalue weighted by molar-refractivity contribution is 7.89. The fourth-order valence-electron chi connectivity index (χ4n) is 2.72. The average Bonchev–Trinajstić information content (AvgIpc) is 2.68. The number of ether oxygens (including phenoxy) is 2. The summed E-state index contributed by atoms with van der Waals surface area (Å²) in [6.45, 7) is 3.51. The van der Waals surface area contributed by atoms with Crippen LogP contribution in [0, 0.1) is 6.92 Å². The molecule has 0 aromatic heterocycles. The van der Waals surface area contributed by atoms with Crippen LogP contribution in [-0.4, -0.2) is 35.1 Å². The molecular formula is C20H26N2O5S. The van der Waals surface area contributed by atoms with Crippen LogP contribution in [0.4, 0.5) is 5.69 Å². The first-order valence-corrected chi connectivity index (χ1v) is 10.4. The molecule has 152 valence electrons. The molecule has 0 radical (unpaired) electrons. The lowest BCUT2D eigenvalue weighted by Crippen LogP contribution is -2.29. The number of anilines is 1. The number of nitrogens with one attached hydrogen (secondary N) is 2. The van der Waals surface area contributed by atoms with Gasteiger partial charge in [-0.25, -0.2) is 13.1 Å². The maximum Gasteiger partial charge on any atom is 0.240 e. The summed E-state index contributed by atoms with van der Waals surface area (Å²) in [6, 6.07) is 12.0. The maximum atomic E-state index is 12.7. The third kappa shape index (κ3) is 5.54. The Hall–Kier alpha value is -2.42. The van der Waals surface area contributed by atoms with Crippen LogP contribution in [0.5, 0.6) is 5.75 Å². The van der Waals surface area contributed by atoms with Gasteiger partial charge in [0.1, 0.15) is 5.75 Å². The Bertz CT molecular complexity index is 928.